The summed E-state index contributed by atoms with van der Waals surface area (Å²) in [5, 5.41) is 0. The zero-order valence-electron chi connectivity index (χ0n) is 17.8. The molecule has 6 heteroatoms. The van der Waals surface area contributed by atoms with Gasteiger partial charge in [0.15, 0.2) is 0 Å². The first-order valence-corrected chi connectivity index (χ1v) is 10.1. The van der Waals surface area contributed by atoms with Crippen LogP contribution in [0.4, 0.5) is 18.9 Å². The van der Waals surface area contributed by atoms with Crippen LogP contribution in [0.3, 0.4) is 0 Å². The average Bonchev–Trinajstić information content (AvgIpc) is 2.76. The van der Waals surface area contributed by atoms with Crippen molar-refractivity contribution in [1.82, 2.24) is 4.98 Å². The van der Waals surface area contributed by atoms with Gasteiger partial charge >= 0.3 is 6.18 Å². The number of hydrogen-bond acceptors (Lipinski definition) is 2. The van der Waals surface area contributed by atoms with Crippen LogP contribution in [0, 0.1) is 13.8 Å². The summed E-state index contributed by atoms with van der Waals surface area (Å²) in [6.07, 6.45) is -2.84. The van der Waals surface area contributed by atoms with Crippen molar-refractivity contribution in [2.24, 2.45) is 0 Å². The van der Waals surface area contributed by atoms with Gasteiger partial charge in [-0.25, -0.2) is 0 Å². The Morgan fingerprint density at radius 2 is 1.71 bits per heavy atom. The highest BCUT2D eigenvalue weighted by Gasteiger charge is 2.32. The summed E-state index contributed by atoms with van der Waals surface area (Å²) in [5.41, 5.74) is 3.60. The number of alkyl halides is 3. The number of carbonyl (C=O) groups excluding carboxylic acids is 1. The summed E-state index contributed by atoms with van der Waals surface area (Å²) in [5.74, 6) is -0.414. The number of halogens is 3. The molecule has 0 aliphatic carbocycles. The van der Waals surface area contributed by atoms with Crippen LogP contribution >= 0.6 is 0 Å². The Bertz CT molecular complexity index is 1030. The summed E-state index contributed by atoms with van der Waals surface area (Å²) in [7, 11) is 0. The molecule has 1 atom stereocenters. The van der Waals surface area contributed by atoms with E-state index in [1.807, 2.05) is 69.3 Å². The zero-order chi connectivity index (χ0) is 22.6. The fraction of sp³-hybridized carbons (Fsp3) is 0.280. The van der Waals surface area contributed by atoms with Gasteiger partial charge in [0.2, 0.25) is 5.91 Å². The largest absolute Gasteiger partial charge is 0.433 e. The van der Waals surface area contributed by atoms with Gasteiger partial charge in [-0.3, -0.25) is 9.78 Å². The number of pyridine rings is 1. The molecular formula is C25H25F3N2O. The van der Waals surface area contributed by atoms with E-state index in [0.29, 0.717) is 18.5 Å². The number of carbonyl (C=O) groups is 1. The molecule has 2 aromatic carbocycles. The second-order valence-electron chi connectivity index (χ2n) is 7.69. The molecular weight excluding hydrogens is 401 g/mol. The first kappa shape index (κ1) is 22.5. The van der Waals surface area contributed by atoms with Crippen LogP contribution in [0.5, 0.6) is 0 Å². The second-order valence-corrected chi connectivity index (χ2v) is 7.69. The fourth-order valence-electron chi connectivity index (χ4n) is 3.36. The molecule has 0 spiro atoms. The number of amides is 1. The predicted molar refractivity (Wildman–Crippen MR) is 116 cm³/mol. The third kappa shape index (κ3) is 5.51. The minimum Gasteiger partial charge on any atom is -0.312 e. The van der Waals surface area contributed by atoms with E-state index >= 15 is 0 Å². The van der Waals surface area contributed by atoms with E-state index in [1.165, 1.54) is 12.3 Å². The van der Waals surface area contributed by atoms with Crippen LogP contribution < -0.4 is 4.90 Å². The Balaban J connectivity index is 1.85. The average molecular weight is 426 g/mol. The van der Waals surface area contributed by atoms with Crippen LogP contribution in [0.2, 0.25) is 0 Å². The molecule has 0 fully saturated rings. The van der Waals surface area contributed by atoms with Crippen molar-refractivity contribution in [3.05, 3.63) is 94.8 Å². The molecule has 162 valence electrons. The predicted octanol–water partition coefficient (Wildman–Crippen LogP) is 6.10. The summed E-state index contributed by atoms with van der Waals surface area (Å²) < 4.78 is 38.3. The van der Waals surface area contributed by atoms with E-state index in [0.717, 1.165) is 28.4 Å². The molecule has 0 saturated carbocycles. The van der Waals surface area contributed by atoms with Crippen molar-refractivity contribution < 1.29 is 18.0 Å². The highest BCUT2D eigenvalue weighted by atomic mass is 19.4. The Hall–Kier alpha value is -3.15. The van der Waals surface area contributed by atoms with E-state index in [9.17, 15) is 18.0 Å². The van der Waals surface area contributed by atoms with Crippen molar-refractivity contribution >= 4 is 11.6 Å². The summed E-state index contributed by atoms with van der Waals surface area (Å²) in [6.45, 7) is 6.20. The first-order valence-electron chi connectivity index (χ1n) is 10.1. The Morgan fingerprint density at radius 3 is 2.29 bits per heavy atom. The number of aromatic nitrogens is 1. The fourth-order valence-corrected chi connectivity index (χ4v) is 3.36. The van der Waals surface area contributed by atoms with Crippen molar-refractivity contribution in [2.75, 3.05) is 11.4 Å². The summed E-state index contributed by atoms with van der Waals surface area (Å²) >= 11 is 0. The monoisotopic (exact) mass is 426 g/mol. The van der Waals surface area contributed by atoms with E-state index < -0.39 is 11.9 Å². The lowest BCUT2D eigenvalue weighted by Crippen LogP contribution is -2.36. The standard InChI is InChI=1S/C25H25F3N2O/c1-17-9-11-22(15-18(17)2)30(24(31)19(3)21-7-5-4-6-8-21)14-13-20-10-12-23(29-16-20)25(26,27)28/h4-12,15-16,19H,13-14H2,1-3H3/t19-/m0/s1. The quantitative estimate of drug-likeness (QED) is 0.477. The molecule has 3 rings (SSSR count). The van der Waals surface area contributed by atoms with Crippen molar-refractivity contribution in [1.29, 1.82) is 0 Å². The van der Waals surface area contributed by atoms with Gasteiger partial charge in [0.1, 0.15) is 5.69 Å². The molecule has 1 heterocycles. The van der Waals surface area contributed by atoms with Gasteiger partial charge in [0.25, 0.3) is 0 Å². The van der Waals surface area contributed by atoms with Crippen molar-refractivity contribution in [2.45, 2.75) is 39.3 Å². The van der Waals surface area contributed by atoms with Crippen LogP contribution in [0.25, 0.3) is 0 Å². The summed E-state index contributed by atoms with van der Waals surface area (Å²) in [6, 6.07) is 17.8. The lowest BCUT2D eigenvalue weighted by atomic mass is 9.98. The lowest BCUT2D eigenvalue weighted by Gasteiger charge is -2.27. The Kier molecular flexibility index (Phi) is 6.78. The van der Waals surface area contributed by atoms with Gasteiger partial charge in [-0.05, 0) is 67.6 Å². The van der Waals surface area contributed by atoms with E-state index in [4.69, 9.17) is 0 Å². The Labute approximate surface area is 180 Å². The SMILES string of the molecule is Cc1ccc(N(CCc2ccc(C(F)(F)F)nc2)C(=O)[C@@H](C)c2ccccc2)cc1C. The number of hydrogen-bond donors (Lipinski definition) is 0. The Morgan fingerprint density at radius 1 is 1.00 bits per heavy atom. The van der Waals surface area contributed by atoms with Gasteiger partial charge in [-0.2, -0.15) is 13.2 Å². The number of benzene rings is 2. The van der Waals surface area contributed by atoms with Gasteiger partial charge in [-0.15, -0.1) is 0 Å². The highest BCUT2D eigenvalue weighted by Crippen LogP contribution is 2.28. The molecule has 0 aliphatic heterocycles. The van der Waals surface area contributed by atoms with Gasteiger partial charge in [-0.1, -0.05) is 42.5 Å². The van der Waals surface area contributed by atoms with Crippen LogP contribution in [0.1, 0.15) is 40.8 Å². The normalized spacial score (nSPS) is 12.5. The molecule has 1 aromatic heterocycles. The van der Waals surface area contributed by atoms with Crippen LogP contribution in [-0.2, 0) is 17.4 Å². The van der Waals surface area contributed by atoms with Crippen molar-refractivity contribution in [3.63, 3.8) is 0 Å². The lowest BCUT2D eigenvalue weighted by molar-refractivity contribution is -0.141. The maximum atomic E-state index is 13.4. The molecule has 3 nitrogen and oxygen atoms in total. The molecule has 0 unspecified atom stereocenters. The van der Waals surface area contributed by atoms with Gasteiger partial charge < -0.3 is 4.90 Å². The smallest absolute Gasteiger partial charge is 0.312 e. The van der Waals surface area contributed by atoms with E-state index in [1.54, 1.807) is 4.90 Å². The molecule has 0 bridgehead atoms. The summed E-state index contributed by atoms with van der Waals surface area (Å²) in [4.78, 5) is 18.6. The number of aryl methyl sites for hydroxylation is 2. The maximum absolute atomic E-state index is 13.4. The molecule has 1 amide bonds. The third-order valence-electron chi connectivity index (χ3n) is 5.48. The van der Waals surface area contributed by atoms with E-state index in [-0.39, 0.29) is 11.8 Å². The van der Waals surface area contributed by atoms with Crippen LogP contribution in [0.15, 0.2) is 66.9 Å². The first-order chi connectivity index (χ1) is 14.7. The molecule has 0 saturated heterocycles. The van der Waals surface area contributed by atoms with Crippen LogP contribution in [-0.4, -0.2) is 17.4 Å². The van der Waals surface area contributed by atoms with Gasteiger partial charge in [0, 0.05) is 18.4 Å². The van der Waals surface area contributed by atoms with Crippen molar-refractivity contribution in [3.8, 4) is 0 Å². The van der Waals surface area contributed by atoms with Gasteiger partial charge in [0.05, 0.1) is 5.92 Å². The van der Waals surface area contributed by atoms with E-state index in [2.05, 4.69) is 4.98 Å². The third-order valence-corrected chi connectivity index (χ3v) is 5.48. The molecule has 0 aliphatic rings. The highest BCUT2D eigenvalue weighted by molar-refractivity contribution is 5.98. The number of nitrogens with zero attached hydrogens (tertiary/aromatic N) is 2. The molecule has 31 heavy (non-hydrogen) atoms. The molecule has 0 N–H and O–H groups in total. The number of rotatable bonds is 6. The number of anilines is 1. The molecule has 3 aromatic rings. The molecule has 0 radical (unpaired) electrons. The topological polar surface area (TPSA) is 33.2 Å². The zero-order valence-corrected chi connectivity index (χ0v) is 17.8. The second kappa shape index (κ2) is 9.33. The minimum atomic E-state index is -4.47. The minimum absolute atomic E-state index is 0.0608. The maximum Gasteiger partial charge on any atom is 0.433 e.